The van der Waals surface area contributed by atoms with Crippen LogP contribution in [-0.4, -0.2) is 38.8 Å². The van der Waals surface area contributed by atoms with Crippen molar-refractivity contribution in [3.63, 3.8) is 0 Å². The highest BCUT2D eigenvalue weighted by atomic mass is 35.5. The zero-order chi connectivity index (χ0) is 23.4. The van der Waals surface area contributed by atoms with Crippen molar-refractivity contribution in [1.82, 2.24) is 20.4 Å². The van der Waals surface area contributed by atoms with E-state index in [4.69, 9.17) is 26.0 Å². The van der Waals surface area contributed by atoms with Gasteiger partial charge in [0.2, 0.25) is 11.7 Å². The molecule has 9 heteroatoms. The Morgan fingerprint density at radius 2 is 2.06 bits per heavy atom. The lowest BCUT2D eigenvalue weighted by Gasteiger charge is -2.12. The standard InChI is InChI=1S/C24H27ClN4O4/c1-14(2)13-32-23-20(25)10-18(12-27-23)22-28-21(29-33-22)16-5-3-15(4-6-16)11-26-19-8-7-17(9-19)24(30)31/h3-6,10,12,14,17,19,26H,7-9,11,13H2,1-2H3,(H,30,31)/t17-,19-/m1/s1. The molecule has 0 spiro atoms. The number of nitrogens with one attached hydrogen (secondary N) is 1. The molecule has 2 aromatic heterocycles. The summed E-state index contributed by atoms with van der Waals surface area (Å²) in [5, 5.41) is 17.1. The smallest absolute Gasteiger partial charge is 0.306 e. The van der Waals surface area contributed by atoms with E-state index in [2.05, 4.69) is 34.3 Å². The molecular formula is C24H27ClN4O4. The predicted molar refractivity (Wildman–Crippen MR) is 124 cm³/mol. The van der Waals surface area contributed by atoms with Crippen molar-refractivity contribution in [2.45, 2.75) is 45.7 Å². The van der Waals surface area contributed by atoms with Gasteiger partial charge in [-0.05, 0) is 36.8 Å². The maximum atomic E-state index is 11.1. The molecule has 1 fully saturated rings. The number of aromatic nitrogens is 3. The number of aliphatic carboxylic acids is 1. The highest BCUT2D eigenvalue weighted by molar-refractivity contribution is 6.32. The van der Waals surface area contributed by atoms with Crippen LogP contribution < -0.4 is 10.1 Å². The summed E-state index contributed by atoms with van der Waals surface area (Å²) in [6.07, 6.45) is 3.92. The average Bonchev–Trinajstić information content (AvgIpc) is 3.47. The molecule has 8 nitrogen and oxygen atoms in total. The molecule has 33 heavy (non-hydrogen) atoms. The molecule has 174 valence electrons. The van der Waals surface area contributed by atoms with E-state index in [1.807, 2.05) is 24.3 Å². The molecule has 0 aliphatic heterocycles. The molecule has 2 heterocycles. The SMILES string of the molecule is CC(C)COc1ncc(-c2nc(-c3ccc(CN[C@@H]4CC[C@@H](C(=O)O)C4)cc3)no2)cc1Cl. The fraction of sp³-hybridized carbons (Fsp3) is 0.417. The Hall–Kier alpha value is -2.97. The van der Waals surface area contributed by atoms with Gasteiger partial charge in [0.05, 0.1) is 18.1 Å². The van der Waals surface area contributed by atoms with Gasteiger partial charge < -0.3 is 19.7 Å². The van der Waals surface area contributed by atoms with E-state index >= 15 is 0 Å². The molecule has 0 unspecified atom stereocenters. The Morgan fingerprint density at radius 3 is 2.73 bits per heavy atom. The van der Waals surface area contributed by atoms with Gasteiger partial charge in [0.15, 0.2) is 0 Å². The number of carboxylic acid groups (broad SMARTS) is 1. The predicted octanol–water partition coefficient (Wildman–Crippen LogP) is 4.83. The Morgan fingerprint density at radius 1 is 1.27 bits per heavy atom. The zero-order valence-electron chi connectivity index (χ0n) is 18.6. The summed E-state index contributed by atoms with van der Waals surface area (Å²) < 4.78 is 11.0. The third kappa shape index (κ3) is 5.89. The highest BCUT2D eigenvalue weighted by Crippen LogP contribution is 2.29. The monoisotopic (exact) mass is 470 g/mol. The number of hydrogen-bond acceptors (Lipinski definition) is 7. The van der Waals surface area contributed by atoms with Crippen LogP contribution in [0.15, 0.2) is 41.1 Å². The average molecular weight is 471 g/mol. The minimum atomic E-state index is -0.698. The van der Waals surface area contributed by atoms with E-state index in [0.29, 0.717) is 53.7 Å². The van der Waals surface area contributed by atoms with Crippen LogP contribution in [0.3, 0.4) is 0 Å². The fourth-order valence-electron chi connectivity index (χ4n) is 3.78. The number of carbonyl (C=O) groups is 1. The van der Waals surface area contributed by atoms with Crippen LogP contribution in [-0.2, 0) is 11.3 Å². The lowest BCUT2D eigenvalue weighted by molar-refractivity contribution is -0.141. The molecule has 4 rings (SSSR count). The number of halogens is 1. The zero-order valence-corrected chi connectivity index (χ0v) is 19.4. The second-order valence-electron chi connectivity index (χ2n) is 8.76. The lowest BCUT2D eigenvalue weighted by Crippen LogP contribution is -2.26. The van der Waals surface area contributed by atoms with Gasteiger partial charge in [-0.2, -0.15) is 4.98 Å². The normalized spacial score (nSPS) is 18.1. The van der Waals surface area contributed by atoms with Crippen LogP contribution in [0.4, 0.5) is 0 Å². The Kier molecular flexibility index (Phi) is 7.25. The second-order valence-corrected chi connectivity index (χ2v) is 9.17. The van der Waals surface area contributed by atoms with Gasteiger partial charge in [-0.15, -0.1) is 0 Å². The van der Waals surface area contributed by atoms with E-state index in [-0.39, 0.29) is 12.0 Å². The van der Waals surface area contributed by atoms with E-state index in [9.17, 15) is 4.79 Å². The van der Waals surface area contributed by atoms with E-state index < -0.39 is 5.97 Å². The summed E-state index contributed by atoms with van der Waals surface area (Å²) in [7, 11) is 0. The third-order valence-electron chi connectivity index (χ3n) is 5.62. The number of carboxylic acids is 1. The summed E-state index contributed by atoms with van der Waals surface area (Å²) in [4.78, 5) is 19.8. The van der Waals surface area contributed by atoms with Crippen molar-refractivity contribution in [3.8, 4) is 28.7 Å². The van der Waals surface area contributed by atoms with E-state index in [1.54, 1.807) is 12.3 Å². The van der Waals surface area contributed by atoms with Crippen molar-refractivity contribution in [2.75, 3.05) is 6.61 Å². The number of benzene rings is 1. The number of nitrogens with zero attached hydrogens (tertiary/aromatic N) is 3. The summed E-state index contributed by atoms with van der Waals surface area (Å²) in [5.41, 5.74) is 2.55. The van der Waals surface area contributed by atoms with Crippen molar-refractivity contribution >= 4 is 17.6 Å². The van der Waals surface area contributed by atoms with Gasteiger partial charge in [-0.25, -0.2) is 4.98 Å². The van der Waals surface area contributed by atoms with Gasteiger partial charge >= 0.3 is 5.97 Å². The van der Waals surface area contributed by atoms with E-state index in [1.165, 1.54) is 0 Å². The summed E-state index contributed by atoms with van der Waals surface area (Å²) >= 11 is 6.29. The first-order chi connectivity index (χ1) is 15.9. The summed E-state index contributed by atoms with van der Waals surface area (Å²) in [6.45, 7) is 5.32. The molecule has 1 aliphatic rings. The molecule has 1 aliphatic carbocycles. The number of ether oxygens (including phenoxy) is 1. The molecule has 3 aromatic rings. The van der Waals surface area contributed by atoms with Gasteiger partial charge in [-0.3, -0.25) is 4.79 Å². The highest BCUT2D eigenvalue weighted by Gasteiger charge is 2.29. The van der Waals surface area contributed by atoms with Gasteiger partial charge in [0.25, 0.3) is 5.89 Å². The Labute approximate surface area is 197 Å². The minimum Gasteiger partial charge on any atom is -0.481 e. The van der Waals surface area contributed by atoms with Crippen LogP contribution in [0, 0.1) is 11.8 Å². The molecule has 0 radical (unpaired) electrons. The first-order valence-corrected chi connectivity index (χ1v) is 11.4. The minimum absolute atomic E-state index is 0.230. The third-order valence-corrected chi connectivity index (χ3v) is 5.89. The molecule has 2 atom stereocenters. The molecule has 2 N–H and O–H groups in total. The van der Waals surface area contributed by atoms with Crippen LogP contribution in [0.25, 0.3) is 22.8 Å². The van der Waals surface area contributed by atoms with Crippen molar-refractivity contribution in [3.05, 3.63) is 47.1 Å². The number of hydrogen-bond donors (Lipinski definition) is 2. The van der Waals surface area contributed by atoms with Crippen molar-refractivity contribution in [2.24, 2.45) is 11.8 Å². The molecule has 0 bridgehead atoms. The van der Waals surface area contributed by atoms with Crippen LogP contribution >= 0.6 is 11.6 Å². The number of pyridine rings is 1. The van der Waals surface area contributed by atoms with Crippen LogP contribution in [0.2, 0.25) is 5.02 Å². The van der Waals surface area contributed by atoms with Crippen LogP contribution in [0.5, 0.6) is 5.88 Å². The van der Waals surface area contributed by atoms with Gasteiger partial charge in [0, 0.05) is 24.3 Å². The lowest BCUT2D eigenvalue weighted by atomic mass is 10.1. The first kappa shape index (κ1) is 23.2. The van der Waals surface area contributed by atoms with Crippen LogP contribution in [0.1, 0.15) is 38.7 Å². The summed E-state index contributed by atoms with van der Waals surface area (Å²) in [6, 6.07) is 9.83. The Bertz CT molecular complexity index is 1100. The van der Waals surface area contributed by atoms with E-state index in [0.717, 1.165) is 24.0 Å². The molecule has 1 saturated carbocycles. The van der Waals surface area contributed by atoms with Gasteiger partial charge in [0.1, 0.15) is 5.02 Å². The molecular weight excluding hydrogens is 444 g/mol. The second kappa shape index (κ2) is 10.3. The fourth-order valence-corrected chi connectivity index (χ4v) is 4.00. The molecule has 0 amide bonds. The van der Waals surface area contributed by atoms with Gasteiger partial charge in [-0.1, -0.05) is 54.9 Å². The molecule has 1 aromatic carbocycles. The first-order valence-electron chi connectivity index (χ1n) is 11.1. The quantitative estimate of drug-likeness (QED) is 0.457. The Balaban J connectivity index is 1.36. The number of rotatable bonds is 9. The molecule has 0 saturated heterocycles. The maximum Gasteiger partial charge on any atom is 0.306 e. The topological polar surface area (TPSA) is 110 Å². The van der Waals surface area contributed by atoms with Crippen molar-refractivity contribution in [1.29, 1.82) is 0 Å². The van der Waals surface area contributed by atoms with Crippen molar-refractivity contribution < 1.29 is 19.2 Å². The summed E-state index contributed by atoms with van der Waals surface area (Å²) in [5.74, 6) is 0.628. The maximum absolute atomic E-state index is 11.1. The largest absolute Gasteiger partial charge is 0.481 e.